The van der Waals surface area contributed by atoms with Gasteiger partial charge in [0.15, 0.2) is 11.5 Å². The minimum absolute atomic E-state index is 0.0758. The highest BCUT2D eigenvalue weighted by atomic mass is 79.9. The van der Waals surface area contributed by atoms with Gasteiger partial charge in [0.05, 0.1) is 22.7 Å². The van der Waals surface area contributed by atoms with Gasteiger partial charge in [-0.1, -0.05) is 12.1 Å². The van der Waals surface area contributed by atoms with E-state index in [0.29, 0.717) is 16.0 Å². The lowest BCUT2D eigenvalue weighted by atomic mass is 10.1. The lowest BCUT2D eigenvalue weighted by Gasteiger charge is -2.13. The molecule has 0 heterocycles. The normalized spacial score (nSPS) is 10.2. The molecule has 0 atom stereocenters. The average Bonchev–Trinajstić information content (AvgIpc) is 2.53. The van der Waals surface area contributed by atoms with Crippen molar-refractivity contribution < 1.29 is 29.3 Å². The summed E-state index contributed by atoms with van der Waals surface area (Å²) in [5.74, 6) is -1.40. The quantitative estimate of drug-likeness (QED) is 0.797. The van der Waals surface area contributed by atoms with E-state index in [1.165, 1.54) is 31.4 Å². The van der Waals surface area contributed by atoms with Crippen LogP contribution in [0.2, 0.25) is 0 Å². The maximum absolute atomic E-state index is 11.0. The highest BCUT2D eigenvalue weighted by Gasteiger charge is 2.15. The van der Waals surface area contributed by atoms with E-state index < -0.39 is 11.9 Å². The first-order chi connectivity index (χ1) is 10.9. The molecule has 0 saturated heterocycles. The second-order valence-corrected chi connectivity index (χ2v) is 5.44. The predicted octanol–water partition coefficient (Wildman–Crippen LogP) is 3.43. The highest BCUT2D eigenvalue weighted by molar-refractivity contribution is 9.10. The van der Waals surface area contributed by atoms with Gasteiger partial charge in [0, 0.05) is 0 Å². The van der Waals surface area contributed by atoms with Crippen molar-refractivity contribution in [1.82, 2.24) is 0 Å². The number of halogens is 1. The van der Waals surface area contributed by atoms with E-state index in [0.717, 1.165) is 5.56 Å². The molecular formula is C16H13BrO6. The fourth-order valence-corrected chi connectivity index (χ4v) is 2.44. The molecule has 0 amide bonds. The van der Waals surface area contributed by atoms with Crippen molar-refractivity contribution in [2.45, 2.75) is 6.61 Å². The Kier molecular flexibility index (Phi) is 5.23. The summed E-state index contributed by atoms with van der Waals surface area (Å²) >= 11 is 3.27. The van der Waals surface area contributed by atoms with E-state index in [1.807, 2.05) is 0 Å². The molecule has 0 unspecified atom stereocenters. The third-order valence-corrected chi connectivity index (χ3v) is 3.65. The molecule has 0 radical (unpaired) electrons. The Labute approximate surface area is 140 Å². The molecule has 0 bridgehead atoms. The summed E-state index contributed by atoms with van der Waals surface area (Å²) in [5.41, 5.74) is 1.04. The van der Waals surface area contributed by atoms with Gasteiger partial charge in [-0.05, 0) is 45.8 Å². The third-order valence-electron chi connectivity index (χ3n) is 3.06. The van der Waals surface area contributed by atoms with Crippen molar-refractivity contribution >= 4 is 27.9 Å². The van der Waals surface area contributed by atoms with Crippen LogP contribution in [0.3, 0.4) is 0 Å². The predicted molar refractivity (Wildman–Crippen MR) is 85.4 cm³/mol. The molecule has 2 aromatic rings. The van der Waals surface area contributed by atoms with Crippen LogP contribution >= 0.6 is 15.9 Å². The molecule has 2 N–H and O–H groups in total. The van der Waals surface area contributed by atoms with E-state index in [-0.39, 0.29) is 17.7 Å². The van der Waals surface area contributed by atoms with Gasteiger partial charge in [-0.2, -0.15) is 0 Å². The molecule has 120 valence electrons. The summed E-state index contributed by atoms with van der Waals surface area (Å²) in [7, 11) is 1.42. The minimum Gasteiger partial charge on any atom is -0.493 e. The van der Waals surface area contributed by atoms with Gasteiger partial charge in [0.25, 0.3) is 0 Å². The molecule has 0 aromatic heterocycles. The lowest BCUT2D eigenvalue weighted by Crippen LogP contribution is -2.03. The van der Waals surface area contributed by atoms with E-state index >= 15 is 0 Å². The monoisotopic (exact) mass is 380 g/mol. The largest absolute Gasteiger partial charge is 0.493 e. The molecule has 6 nitrogen and oxygen atoms in total. The summed E-state index contributed by atoms with van der Waals surface area (Å²) in [5, 5.41) is 17.9. The zero-order chi connectivity index (χ0) is 17.0. The van der Waals surface area contributed by atoms with E-state index in [1.54, 1.807) is 12.1 Å². The van der Waals surface area contributed by atoms with Crippen molar-refractivity contribution in [3.05, 3.63) is 57.6 Å². The molecule has 2 aromatic carbocycles. The Hall–Kier alpha value is -2.54. The number of hydrogen-bond donors (Lipinski definition) is 2. The van der Waals surface area contributed by atoms with Gasteiger partial charge in [-0.3, -0.25) is 0 Å². The average molecular weight is 381 g/mol. The smallest absolute Gasteiger partial charge is 0.335 e. The highest BCUT2D eigenvalue weighted by Crippen LogP contribution is 2.37. The first kappa shape index (κ1) is 16.8. The first-order valence-corrected chi connectivity index (χ1v) is 7.27. The molecule has 0 aliphatic carbocycles. The number of ether oxygens (including phenoxy) is 2. The fourth-order valence-electron chi connectivity index (χ4n) is 1.88. The van der Waals surface area contributed by atoms with Crippen molar-refractivity contribution in [1.29, 1.82) is 0 Å². The van der Waals surface area contributed by atoms with Gasteiger partial charge >= 0.3 is 11.9 Å². The summed E-state index contributed by atoms with van der Waals surface area (Å²) in [6.07, 6.45) is 0. The molecule has 23 heavy (non-hydrogen) atoms. The standard InChI is InChI=1S/C16H13BrO6/c1-22-13-7-11(16(20)21)6-12(17)14(13)23-8-9-2-4-10(5-3-9)15(18)19/h2-7H,8H2,1H3,(H,18,19)(H,20,21). The van der Waals surface area contributed by atoms with Crippen LogP contribution in [-0.4, -0.2) is 29.3 Å². The number of carboxylic acids is 2. The van der Waals surface area contributed by atoms with Crippen LogP contribution in [0.4, 0.5) is 0 Å². The third kappa shape index (κ3) is 4.01. The topological polar surface area (TPSA) is 93.1 Å². The summed E-state index contributed by atoms with van der Waals surface area (Å²) in [6, 6.07) is 9.07. The van der Waals surface area contributed by atoms with E-state index in [4.69, 9.17) is 19.7 Å². The van der Waals surface area contributed by atoms with Crippen molar-refractivity contribution in [2.75, 3.05) is 7.11 Å². The van der Waals surface area contributed by atoms with Gasteiger partial charge in [0.2, 0.25) is 0 Å². The maximum atomic E-state index is 11.0. The molecule has 2 rings (SSSR count). The molecule has 0 saturated carbocycles. The van der Waals surface area contributed by atoms with Crippen LogP contribution in [-0.2, 0) is 6.61 Å². The van der Waals surface area contributed by atoms with Crippen molar-refractivity contribution in [3.63, 3.8) is 0 Å². The number of rotatable bonds is 6. The summed E-state index contributed by atoms with van der Waals surface area (Å²) in [6.45, 7) is 0.182. The van der Waals surface area contributed by atoms with E-state index in [2.05, 4.69) is 15.9 Å². The van der Waals surface area contributed by atoms with Crippen LogP contribution < -0.4 is 9.47 Å². The lowest BCUT2D eigenvalue weighted by molar-refractivity contribution is 0.0685. The zero-order valence-electron chi connectivity index (χ0n) is 12.1. The zero-order valence-corrected chi connectivity index (χ0v) is 13.7. The summed E-state index contributed by atoms with van der Waals surface area (Å²) < 4.78 is 11.3. The Bertz CT molecular complexity index is 739. The van der Waals surface area contributed by atoms with E-state index in [9.17, 15) is 9.59 Å². The number of hydrogen-bond acceptors (Lipinski definition) is 4. The Morgan fingerprint density at radius 2 is 1.65 bits per heavy atom. The molecule has 0 fully saturated rings. The SMILES string of the molecule is COc1cc(C(=O)O)cc(Br)c1OCc1ccc(C(=O)O)cc1. The number of methoxy groups -OCH3 is 1. The maximum Gasteiger partial charge on any atom is 0.335 e. The van der Waals surface area contributed by atoms with Crippen molar-refractivity contribution in [3.8, 4) is 11.5 Å². The fraction of sp³-hybridized carbons (Fsp3) is 0.125. The summed E-state index contributed by atoms with van der Waals surface area (Å²) in [4.78, 5) is 21.8. The molecule has 0 spiro atoms. The van der Waals surface area contributed by atoms with Gasteiger partial charge in [-0.25, -0.2) is 9.59 Å². The van der Waals surface area contributed by atoms with Crippen LogP contribution in [0.1, 0.15) is 26.3 Å². The van der Waals surface area contributed by atoms with Crippen LogP contribution in [0.15, 0.2) is 40.9 Å². The van der Waals surface area contributed by atoms with Gasteiger partial charge in [-0.15, -0.1) is 0 Å². The van der Waals surface area contributed by atoms with Gasteiger partial charge < -0.3 is 19.7 Å². The Balaban J connectivity index is 2.19. The second-order valence-electron chi connectivity index (χ2n) is 4.59. The minimum atomic E-state index is -1.07. The molecular weight excluding hydrogens is 368 g/mol. The second kappa shape index (κ2) is 7.15. The molecule has 0 aliphatic heterocycles. The molecule has 7 heteroatoms. The van der Waals surface area contributed by atoms with Gasteiger partial charge in [0.1, 0.15) is 6.61 Å². The molecule has 0 aliphatic rings. The number of carbonyl (C=O) groups is 2. The Morgan fingerprint density at radius 3 is 2.17 bits per heavy atom. The first-order valence-electron chi connectivity index (χ1n) is 6.48. The number of aromatic carboxylic acids is 2. The van der Waals surface area contributed by atoms with Crippen LogP contribution in [0.25, 0.3) is 0 Å². The Morgan fingerprint density at radius 1 is 1.04 bits per heavy atom. The van der Waals surface area contributed by atoms with Crippen LogP contribution in [0, 0.1) is 0 Å². The van der Waals surface area contributed by atoms with Crippen molar-refractivity contribution in [2.24, 2.45) is 0 Å². The number of benzene rings is 2. The van der Waals surface area contributed by atoms with Crippen LogP contribution in [0.5, 0.6) is 11.5 Å². The number of carboxylic acid groups (broad SMARTS) is 2.